The molecule has 0 spiro atoms. The molecule has 0 radical (unpaired) electrons. The van der Waals surface area contributed by atoms with Crippen LogP contribution in [-0.4, -0.2) is 33.9 Å². The number of nitrogens with one attached hydrogen (secondary N) is 2. The van der Waals surface area contributed by atoms with Gasteiger partial charge in [-0.25, -0.2) is 4.79 Å². The Labute approximate surface area is 203 Å². The summed E-state index contributed by atoms with van der Waals surface area (Å²) in [6, 6.07) is 16.0. The fraction of sp³-hybridized carbons (Fsp3) is 0.125. The number of aryl methyl sites for hydroxylation is 1. The summed E-state index contributed by atoms with van der Waals surface area (Å²) in [6.45, 7) is 1.68. The Morgan fingerprint density at radius 1 is 1.00 bits per heavy atom. The number of nitrogens with zero attached hydrogens (tertiary/aromatic N) is 1. The van der Waals surface area contributed by atoms with Crippen molar-refractivity contribution < 1.29 is 24.4 Å². The molecule has 0 bridgehead atoms. The first-order valence-electron chi connectivity index (χ1n) is 10.1. The predicted octanol–water partition coefficient (Wildman–Crippen LogP) is 4.34. The second-order valence-electron chi connectivity index (χ2n) is 7.46. The Kier molecular flexibility index (Phi) is 7.75. The first-order valence-corrected chi connectivity index (χ1v) is 10.9. The quantitative estimate of drug-likeness (QED) is 0.295. The number of non-ortho nitro benzene ring substituents is 1. The summed E-state index contributed by atoms with van der Waals surface area (Å²) in [4.78, 5) is 47.2. The Hall–Kier alpha value is -4.05. The molecule has 0 aliphatic heterocycles. The van der Waals surface area contributed by atoms with E-state index in [-0.39, 0.29) is 17.7 Å². The summed E-state index contributed by atoms with van der Waals surface area (Å²) in [7, 11) is 0. The van der Waals surface area contributed by atoms with Gasteiger partial charge in [-0.3, -0.25) is 19.7 Å². The number of amides is 2. The SMILES string of the molecule is Cc1ccc([N+](=O)[O-])cc1C(=O)Nc1ccc(CC(NC(=O)c2ccccc2Br)C(=O)O)cc1. The van der Waals surface area contributed by atoms with Crippen molar-refractivity contribution >= 4 is 45.1 Å². The van der Waals surface area contributed by atoms with Gasteiger partial charge in [-0.15, -0.1) is 0 Å². The number of nitro groups is 1. The Bertz CT molecular complexity index is 1260. The molecule has 3 rings (SSSR count). The van der Waals surface area contributed by atoms with Gasteiger partial charge in [0, 0.05) is 34.3 Å². The lowest BCUT2D eigenvalue weighted by atomic mass is 10.0. The van der Waals surface area contributed by atoms with Crippen LogP contribution in [0.15, 0.2) is 71.2 Å². The second kappa shape index (κ2) is 10.7. The van der Waals surface area contributed by atoms with Crippen LogP contribution in [0.2, 0.25) is 0 Å². The van der Waals surface area contributed by atoms with Crippen LogP contribution in [0, 0.1) is 17.0 Å². The van der Waals surface area contributed by atoms with Gasteiger partial charge >= 0.3 is 5.97 Å². The van der Waals surface area contributed by atoms with Crippen molar-refractivity contribution in [3.05, 3.63) is 104 Å². The number of anilines is 1. The van der Waals surface area contributed by atoms with Crippen molar-refractivity contribution in [3.8, 4) is 0 Å². The number of rotatable bonds is 8. The third-order valence-electron chi connectivity index (χ3n) is 5.05. The molecule has 0 saturated carbocycles. The van der Waals surface area contributed by atoms with Crippen molar-refractivity contribution in [1.82, 2.24) is 5.32 Å². The highest BCUT2D eigenvalue weighted by molar-refractivity contribution is 9.10. The van der Waals surface area contributed by atoms with Crippen molar-refractivity contribution in [2.24, 2.45) is 0 Å². The molecule has 9 nitrogen and oxygen atoms in total. The minimum Gasteiger partial charge on any atom is -0.480 e. The third-order valence-corrected chi connectivity index (χ3v) is 5.74. The number of carbonyl (C=O) groups excluding carboxylic acids is 2. The zero-order valence-corrected chi connectivity index (χ0v) is 19.5. The van der Waals surface area contributed by atoms with Crippen molar-refractivity contribution in [3.63, 3.8) is 0 Å². The van der Waals surface area contributed by atoms with Crippen LogP contribution in [0.4, 0.5) is 11.4 Å². The summed E-state index contributed by atoms with van der Waals surface area (Å²) >= 11 is 3.27. The fourth-order valence-electron chi connectivity index (χ4n) is 3.21. The molecule has 1 unspecified atom stereocenters. The largest absolute Gasteiger partial charge is 0.480 e. The number of nitro benzene ring substituents is 1. The Balaban J connectivity index is 1.68. The van der Waals surface area contributed by atoms with Crippen LogP contribution >= 0.6 is 15.9 Å². The van der Waals surface area contributed by atoms with Gasteiger partial charge in [-0.2, -0.15) is 0 Å². The molecule has 0 heterocycles. The monoisotopic (exact) mass is 525 g/mol. The van der Waals surface area contributed by atoms with E-state index in [1.165, 1.54) is 18.2 Å². The maximum atomic E-state index is 12.6. The first kappa shape index (κ1) is 24.6. The summed E-state index contributed by atoms with van der Waals surface area (Å²) in [5, 5.41) is 25.7. The van der Waals surface area contributed by atoms with E-state index in [0.717, 1.165) is 0 Å². The van der Waals surface area contributed by atoms with E-state index in [4.69, 9.17) is 0 Å². The van der Waals surface area contributed by atoms with Gasteiger partial charge in [0.05, 0.1) is 10.5 Å². The van der Waals surface area contributed by atoms with E-state index in [1.54, 1.807) is 55.5 Å². The zero-order valence-electron chi connectivity index (χ0n) is 17.9. The lowest BCUT2D eigenvalue weighted by Gasteiger charge is -2.16. The van der Waals surface area contributed by atoms with Gasteiger partial charge in [-0.05, 0) is 58.2 Å². The van der Waals surface area contributed by atoms with Crippen molar-refractivity contribution in [2.75, 3.05) is 5.32 Å². The molecule has 3 N–H and O–H groups in total. The van der Waals surface area contributed by atoms with E-state index >= 15 is 0 Å². The highest BCUT2D eigenvalue weighted by atomic mass is 79.9. The van der Waals surface area contributed by atoms with Gasteiger partial charge in [0.2, 0.25) is 0 Å². The molecule has 3 aromatic rings. The predicted molar refractivity (Wildman–Crippen MR) is 129 cm³/mol. The van der Waals surface area contributed by atoms with Crippen molar-refractivity contribution in [2.45, 2.75) is 19.4 Å². The molecule has 0 aliphatic carbocycles. The molecule has 3 aromatic carbocycles. The van der Waals surface area contributed by atoms with E-state index in [2.05, 4.69) is 26.6 Å². The molecular weight excluding hydrogens is 506 g/mol. The van der Waals surface area contributed by atoms with E-state index in [0.29, 0.717) is 26.9 Å². The van der Waals surface area contributed by atoms with Crippen LogP contribution in [0.5, 0.6) is 0 Å². The average molecular weight is 526 g/mol. The molecule has 0 aliphatic rings. The standard InChI is InChI=1S/C24H20BrN3O6/c1-14-6-11-17(28(33)34)13-19(14)23(30)26-16-9-7-15(8-10-16)12-21(24(31)32)27-22(29)18-4-2-3-5-20(18)25/h2-11,13,21H,12H2,1H3,(H,26,30)(H,27,29)(H,31,32). The number of hydrogen-bond acceptors (Lipinski definition) is 5. The number of halogens is 1. The average Bonchev–Trinajstić information content (AvgIpc) is 2.80. The number of aliphatic carboxylic acids is 1. The van der Waals surface area contributed by atoms with Gasteiger partial charge in [-0.1, -0.05) is 30.3 Å². The molecule has 34 heavy (non-hydrogen) atoms. The fourth-order valence-corrected chi connectivity index (χ4v) is 3.67. The van der Waals surface area contributed by atoms with Gasteiger partial charge in [0.25, 0.3) is 17.5 Å². The Morgan fingerprint density at radius 2 is 1.68 bits per heavy atom. The molecule has 0 saturated heterocycles. The third kappa shape index (κ3) is 6.04. The number of benzene rings is 3. The van der Waals surface area contributed by atoms with Crippen LogP contribution in [-0.2, 0) is 11.2 Å². The number of hydrogen-bond donors (Lipinski definition) is 3. The second-order valence-corrected chi connectivity index (χ2v) is 8.31. The smallest absolute Gasteiger partial charge is 0.326 e. The van der Waals surface area contributed by atoms with Gasteiger partial charge in [0.15, 0.2) is 0 Å². The van der Waals surface area contributed by atoms with Gasteiger partial charge < -0.3 is 15.7 Å². The first-order chi connectivity index (χ1) is 16.2. The lowest BCUT2D eigenvalue weighted by Crippen LogP contribution is -2.42. The summed E-state index contributed by atoms with van der Waals surface area (Å²) in [5.41, 5.74) is 1.97. The van der Waals surface area contributed by atoms with E-state index < -0.39 is 28.7 Å². The summed E-state index contributed by atoms with van der Waals surface area (Å²) < 4.78 is 0.552. The number of carboxylic acid groups (broad SMARTS) is 1. The maximum Gasteiger partial charge on any atom is 0.326 e. The molecule has 1 atom stereocenters. The topological polar surface area (TPSA) is 139 Å². The molecule has 0 aromatic heterocycles. The Morgan fingerprint density at radius 3 is 2.29 bits per heavy atom. The van der Waals surface area contributed by atoms with Crippen LogP contribution in [0.3, 0.4) is 0 Å². The van der Waals surface area contributed by atoms with Crippen molar-refractivity contribution in [1.29, 1.82) is 0 Å². The van der Waals surface area contributed by atoms with Crippen LogP contribution in [0.1, 0.15) is 31.8 Å². The summed E-state index contributed by atoms with van der Waals surface area (Å²) in [6.07, 6.45) is 0.0315. The van der Waals surface area contributed by atoms with E-state index in [1.807, 2.05) is 0 Å². The number of carbonyl (C=O) groups is 3. The zero-order chi connectivity index (χ0) is 24.8. The normalized spacial score (nSPS) is 11.4. The van der Waals surface area contributed by atoms with Gasteiger partial charge in [0.1, 0.15) is 6.04 Å². The summed E-state index contributed by atoms with van der Waals surface area (Å²) in [5.74, 6) is -2.20. The van der Waals surface area contributed by atoms with E-state index in [9.17, 15) is 29.6 Å². The highest BCUT2D eigenvalue weighted by Crippen LogP contribution is 2.20. The van der Waals surface area contributed by atoms with Crippen LogP contribution < -0.4 is 10.6 Å². The molecule has 174 valence electrons. The lowest BCUT2D eigenvalue weighted by molar-refractivity contribution is -0.384. The minimum absolute atomic E-state index is 0.0315. The molecule has 10 heteroatoms. The molecular formula is C24H20BrN3O6. The maximum absolute atomic E-state index is 12.6. The molecule has 2 amide bonds. The number of carboxylic acids is 1. The van der Waals surface area contributed by atoms with Crippen LogP contribution in [0.25, 0.3) is 0 Å². The molecule has 0 fully saturated rings. The minimum atomic E-state index is -1.18. The highest BCUT2D eigenvalue weighted by Gasteiger charge is 2.22.